The summed E-state index contributed by atoms with van der Waals surface area (Å²) in [5, 5.41) is 29.2. The third kappa shape index (κ3) is 21.1. The van der Waals surface area contributed by atoms with Crippen LogP contribution in [0, 0.1) is 13.8 Å². The minimum Gasteiger partial charge on any atom is -0.508 e. The topological polar surface area (TPSA) is 200 Å². The largest absolute Gasteiger partial charge is 0.508 e. The van der Waals surface area contributed by atoms with Crippen LogP contribution in [0.4, 0.5) is 36.6 Å². The Kier molecular flexibility index (Phi) is 25.1. The summed E-state index contributed by atoms with van der Waals surface area (Å²) in [5.41, 5.74) is 1.41. The molecule has 1 N–H and O–H groups in total. The number of aryl methyl sites for hydroxylation is 2. The fraction of sp³-hybridized carbons (Fsp3) is 0.414. The van der Waals surface area contributed by atoms with Crippen molar-refractivity contribution < 1.29 is 62.5 Å². The molecule has 0 atom stereocenters. The summed E-state index contributed by atoms with van der Waals surface area (Å²) in [4.78, 5) is 10.6. The first-order valence-corrected chi connectivity index (χ1v) is 41.8. The highest BCUT2D eigenvalue weighted by Crippen LogP contribution is 2.37. The SMILES string of the molecule is CC(C)c1nnc(N(COCC[Si](C)(C)C)S(=O)(=O)c2ccc(O)cc2)s1.Cc1nc(-c2ccc(C(F)(F)F)cc2)sc1CCl.Cc1nc(-c2ccc(C(F)(F)F)cc2)sc1COc1ccc(S(=O)(=O)N(COCC[Si](C)(C)C)c2nnc(C(C)C)s2)cc1. The Labute approximate surface area is 539 Å². The van der Waals surface area contributed by atoms with Gasteiger partial charge in [0.15, 0.2) is 0 Å². The van der Waals surface area contributed by atoms with E-state index in [1.54, 1.807) is 19.1 Å². The van der Waals surface area contributed by atoms with Crippen molar-refractivity contribution in [2.75, 3.05) is 35.3 Å². The lowest BCUT2D eigenvalue weighted by molar-refractivity contribution is -0.138. The Morgan fingerprint density at radius 3 is 1.26 bits per heavy atom. The van der Waals surface area contributed by atoms with E-state index < -0.39 is 59.7 Å². The van der Waals surface area contributed by atoms with E-state index in [-0.39, 0.29) is 57.7 Å². The van der Waals surface area contributed by atoms with Crippen molar-refractivity contribution in [3.63, 3.8) is 0 Å². The van der Waals surface area contributed by atoms with Gasteiger partial charge in [0.2, 0.25) is 10.3 Å². The molecule has 8 aromatic rings. The molecular weight excluding hydrogens is 1330 g/mol. The molecule has 16 nitrogen and oxygen atoms in total. The Morgan fingerprint density at radius 1 is 0.551 bits per heavy atom. The van der Waals surface area contributed by atoms with Gasteiger partial charge < -0.3 is 19.3 Å². The van der Waals surface area contributed by atoms with Crippen molar-refractivity contribution in [1.82, 2.24) is 30.4 Å². The highest BCUT2D eigenvalue weighted by Gasteiger charge is 2.33. The number of nitrogens with zero attached hydrogens (tertiary/aromatic N) is 8. The zero-order valence-corrected chi connectivity index (χ0v) is 58.7. The van der Waals surface area contributed by atoms with Crippen molar-refractivity contribution >= 4 is 103 Å². The molecule has 0 bridgehead atoms. The molecule has 0 aliphatic carbocycles. The highest BCUT2D eigenvalue weighted by atomic mass is 35.5. The van der Waals surface area contributed by atoms with Gasteiger partial charge in [-0.05, 0) is 98.7 Å². The van der Waals surface area contributed by atoms with Crippen LogP contribution in [-0.2, 0) is 54.4 Å². The van der Waals surface area contributed by atoms with Crippen LogP contribution in [0.15, 0.2) is 107 Å². The smallest absolute Gasteiger partial charge is 0.416 e. The molecule has 0 saturated heterocycles. The van der Waals surface area contributed by atoms with E-state index >= 15 is 0 Å². The summed E-state index contributed by atoms with van der Waals surface area (Å²) in [6.45, 7) is 25.7. The fourth-order valence-electron chi connectivity index (χ4n) is 7.32. The van der Waals surface area contributed by atoms with Gasteiger partial charge in [-0.15, -0.1) is 54.7 Å². The van der Waals surface area contributed by atoms with Gasteiger partial charge in [-0.2, -0.15) is 26.3 Å². The van der Waals surface area contributed by atoms with Crippen molar-refractivity contribution in [2.24, 2.45) is 0 Å². The maximum absolute atomic E-state index is 13.7. The molecular formula is C58H71ClF6N8O8S6Si2. The number of hydrogen-bond acceptors (Lipinski definition) is 18. The molecule has 4 heterocycles. The van der Waals surface area contributed by atoms with Crippen LogP contribution in [0.3, 0.4) is 0 Å². The summed E-state index contributed by atoms with van der Waals surface area (Å²) in [7, 11) is -10.6. The molecule has 31 heteroatoms. The van der Waals surface area contributed by atoms with Gasteiger partial charge in [0.25, 0.3) is 20.0 Å². The van der Waals surface area contributed by atoms with E-state index in [4.69, 9.17) is 25.8 Å². The molecule has 0 spiro atoms. The Bertz CT molecular complexity index is 3790. The third-order valence-corrected chi connectivity index (χ3v) is 25.1. The first-order valence-electron chi connectivity index (χ1n) is 27.7. The van der Waals surface area contributed by atoms with E-state index in [9.17, 15) is 48.3 Å². The first-order chi connectivity index (χ1) is 41.5. The number of aromatic hydroxyl groups is 1. The first kappa shape index (κ1) is 72.6. The van der Waals surface area contributed by atoms with Crippen LogP contribution in [0.25, 0.3) is 21.1 Å². The van der Waals surface area contributed by atoms with Gasteiger partial charge in [-0.3, -0.25) is 0 Å². The number of alkyl halides is 7. The van der Waals surface area contributed by atoms with Gasteiger partial charge >= 0.3 is 12.4 Å². The van der Waals surface area contributed by atoms with Crippen LogP contribution in [0.1, 0.15) is 81.8 Å². The average Bonchev–Trinajstić information content (AvgIpc) is 2.24. The van der Waals surface area contributed by atoms with Gasteiger partial charge in [-0.25, -0.2) is 35.4 Å². The Hall–Kier alpha value is -5.42. The van der Waals surface area contributed by atoms with Gasteiger partial charge in [0.1, 0.15) is 51.6 Å². The maximum Gasteiger partial charge on any atom is 0.416 e. The van der Waals surface area contributed by atoms with Crippen molar-refractivity contribution in [3.05, 3.63) is 139 Å². The number of hydrogen-bond donors (Lipinski definition) is 1. The monoisotopic (exact) mass is 1400 g/mol. The van der Waals surface area contributed by atoms with Gasteiger partial charge in [-0.1, -0.05) is 114 Å². The van der Waals surface area contributed by atoms with Gasteiger partial charge in [0, 0.05) is 57.2 Å². The summed E-state index contributed by atoms with van der Waals surface area (Å²) < 4.78 is 149. The van der Waals surface area contributed by atoms with Crippen LogP contribution in [0.2, 0.25) is 51.4 Å². The third-order valence-electron chi connectivity index (χ3n) is 12.7. The second kappa shape index (κ2) is 30.8. The standard InChI is InChI=1S/C29H35F3N4O4S3Si.C17H27N3O4S2Si.C12H9ClF3NS/c1-19(2)26-34-35-28(42-26)36(18-39-15-16-44(4,5)6)43(37,38)24-13-11-23(12-14-24)40-17-25-20(3)33-27(41-25)21-7-9-22(10-8-21)29(30,31)32;1-13(2)16-18-19-17(25-16)20(12-24-10-11-27(3,4)5)26(22,23)15-8-6-14(21)7-9-15;1-7-10(6-13)18-11(17-7)8-2-4-9(5-3-8)12(14,15)16/h7-14,19H,15-18H2,1-6H3;6-9,13,21H,10-12H2,1-5H3;2-5H,6H2,1H3. The predicted molar refractivity (Wildman–Crippen MR) is 348 cm³/mol. The number of aromatic nitrogens is 6. The molecule has 8 rings (SSSR count). The molecule has 0 fully saturated rings. The number of halogens is 7. The van der Waals surface area contributed by atoms with E-state index in [1.807, 2.05) is 34.6 Å². The summed E-state index contributed by atoms with van der Waals surface area (Å²) in [5.74, 6) is 1.07. The zero-order valence-electron chi connectivity index (χ0n) is 51.0. The van der Waals surface area contributed by atoms with Crippen molar-refractivity contribution in [2.45, 2.75) is 139 Å². The van der Waals surface area contributed by atoms with E-state index in [0.29, 0.717) is 51.7 Å². The van der Waals surface area contributed by atoms with E-state index in [1.165, 1.54) is 106 Å². The van der Waals surface area contributed by atoms with Crippen LogP contribution in [-0.4, -0.2) is 95.1 Å². The average molecular weight is 1410 g/mol. The van der Waals surface area contributed by atoms with E-state index in [0.717, 1.165) is 70.4 Å². The maximum atomic E-state index is 13.7. The molecule has 4 aromatic carbocycles. The highest BCUT2D eigenvalue weighted by molar-refractivity contribution is 7.93. The Balaban J connectivity index is 0.000000237. The van der Waals surface area contributed by atoms with Crippen LogP contribution in [0.5, 0.6) is 11.5 Å². The molecule has 484 valence electrons. The number of benzene rings is 4. The lowest BCUT2D eigenvalue weighted by atomic mass is 10.1. The summed E-state index contributed by atoms with van der Waals surface area (Å²) in [6.07, 6.45) is -8.71. The number of anilines is 2. The number of phenols is 1. The quantitative estimate of drug-likeness (QED) is 0.0197. The molecule has 0 radical (unpaired) electrons. The second-order valence-corrected chi connectivity index (χ2v) is 42.5. The molecule has 0 aliphatic rings. The lowest BCUT2D eigenvalue weighted by Crippen LogP contribution is -2.34. The van der Waals surface area contributed by atoms with E-state index in [2.05, 4.69) is 69.6 Å². The number of phenolic OH excluding ortho intramolecular Hbond substituents is 1. The van der Waals surface area contributed by atoms with Crippen LogP contribution >= 0.6 is 56.9 Å². The summed E-state index contributed by atoms with van der Waals surface area (Å²) in [6, 6.07) is 23.2. The molecule has 0 amide bonds. The minimum atomic E-state index is -4.40. The Morgan fingerprint density at radius 2 is 0.921 bits per heavy atom. The molecule has 0 saturated carbocycles. The number of ether oxygens (including phenoxy) is 3. The minimum absolute atomic E-state index is 0.00453. The number of sulfonamides is 2. The lowest BCUT2D eigenvalue weighted by Gasteiger charge is -2.22. The number of thiazole rings is 2. The van der Waals surface area contributed by atoms with Crippen molar-refractivity contribution in [1.29, 1.82) is 0 Å². The number of rotatable bonds is 24. The molecule has 0 aliphatic heterocycles. The molecule has 0 unspecified atom stereocenters. The zero-order chi connectivity index (χ0) is 65.9. The molecule has 4 aromatic heterocycles. The van der Waals surface area contributed by atoms with Crippen LogP contribution < -0.4 is 13.3 Å². The van der Waals surface area contributed by atoms with Gasteiger partial charge in [0.05, 0.1) is 43.1 Å². The second-order valence-electron chi connectivity index (χ2n) is 23.2. The normalized spacial score (nSPS) is 12.4. The molecule has 89 heavy (non-hydrogen) atoms. The predicted octanol–water partition coefficient (Wildman–Crippen LogP) is 16.9. The van der Waals surface area contributed by atoms with Crippen molar-refractivity contribution in [3.8, 4) is 32.6 Å². The fourth-order valence-corrected chi connectivity index (χ4v) is 15.8. The summed E-state index contributed by atoms with van der Waals surface area (Å²) >= 11 is 10.9.